The highest BCUT2D eigenvalue weighted by atomic mass is 32.1. The van der Waals surface area contributed by atoms with Gasteiger partial charge in [-0.25, -0.2) is 9.97 Å². The Balaban J connectivity index is 1.08. The van der Waals surface area contributed by atoms with Crippen molar-refractivity contribution >= 4 is 72.0 Å². The molecule has 3 nitrogen and oxygen atoms in total. The summed E-state index contributed by atoms with van der Waals surface area (Å²) in [5.74, 6) is 0.698. The van der Waals surface area contributed by atoms with Gasteiger partial charge < -0.3 is 0 Å². The lowest BCUT2D eigenvalue weighted by molar-refractivity contribution is 0.666. The summed E-state index contributed by atoms with van der Waals surface area (Å²) < 4.78 is 3.73. The lowest BCUT2D eigenvalue weighted by Crippen LogP contribution is -2.74. The number of benzene rings is 8. The van der Waals surface area contributed by atoms with Gasteiger partial charge in [-0.05, 0) is 60.0 Å². The predicted molar refractivity (Wildman–Crippen MR) is 276 cm³/mol. The Hall–Kier alpha value is -7.18. The normalized spacial score (nSPS) is 14.4. The molecular formula is C60H45N3SSi. The van der Waals surface area contributed by atoms with E-state index in [4.69, 9.17) is 9.97 Å². The van der Waals surface area contributed by atoms with E-state index in [0.717, 1.165) is 22.2 Å². The molecule has 3 aromatic heterocycles. The molecular weight excluding hydrogens is 823 g/mol. The van der Waals surface area contributed by atoms with E-state index in [-0.39, 0.29) is 10.8 Å². The number of fused-ring (bicyclic) bond motifs is 12. The van der Waals surface area contributed by atoms with Crippen molar-refractivity contribution in [2.45, 2.75) is 38.5 Å². The first kappa shape index (κ1) is 38.3. The van der Waals surface area contributed by atoms with E-state index in [1.54, 1.807) is 0 Å². The maximum absolute atomic E-state index is 5.73. The van der Waals surface area contributed by atoms with Gasteiger partial charge >= 0.3 is 0 Å². The molecule has 0 aliphatic heterocycles. The van der Waals surface area contributed by atoms with Crippen LogP contribution in [0, 0.1) is 0 Å². The van der Waals surface area contributed by atoms with Crippen molar-refractivity contribution in [2.24, 2.45) is 0 Å². The summed E-state index contributed by atoms with van der Waals surface area (Å²) in [5, 5.41) is 9.02. The minimum absolute atomic E-state index is 0.120. The van der Waals surface area contributed by atoms with Crippen molar-refractivity contribution in [3.8, 4) is 38.9 Å². The summed E-state index contributed by atoms with van der Waals surface area (Å²) in [6.45, 7) is 9.56. The van der Waals surface area contributed by atoms with E-state index in [9.17, 15) is 0 Å². The number of aromatic nitrogens is 3. The lowest BCUT2D eigenvalue weighted by Gasteiger charge is -2.34. The zero-order valence-corrected chi connectivity index (χ0v) is 38.6. The highest BCUT2D eigenvalue weighted by molar-refractivity contribution is 7.23. The van der Waals surface area contributed by atoms with E-state index < -0.39 is 8.07 Å². The average molecular weight is 868 g/mol. The zero-order chi connectivity index (χ0) is 43.7. The van der Waals surface area contributed by atoms with Crippen LogP contribution < -0.4 is 20.7 Å². The topological polar surface area (TPSA) is 30.7 Å². The molecule has 0 saturated heterocycles. The fraction of sp³-hybridized carbons (Fsp3) is 0.100. The number of para-hydroxylation sites is 1. The minimum atomic E-state index is -2.72. The second-order valence-corrected chi connectivity index (χ2v) is 23.7. The van der Waals surface area contributed by atoms with Gasteiger partial charge in [0.2, 0.25) is 5.95 Å². The molecule has 0 fully saturated rings. The van der Waals surface area contributed by atoms with Crippen LogP contribution in [0.25, 0.3) is 70.8 Å². The van der Waals surface area contributed by atoms with E-state index >= 15 is 0 Å². The molecule has 2 aliphatic rings. The van der Waals surface area contributed by atoms with Gasteiger partial charge in [0.1, 0.15) is 0 Å². The molecule has 0 atom stereocenters. The monoisotopic (exact) mass is 867 g/mol. The Morgan fingerprint density at radius 2 is 0.954 bits per heavy atom. The summed E-state index contributed by atoms with van der Waals surface area (Å²) >= 11 is 1.94. The molecule has 310 valence electrons. The molecule has 13 rings (SSSR count). The van der Waals surface area contributed by atoms with E-state index in [0.29, 0.717) is 5.95 Å². The summed E-state index contributed by atoms with van der Waals surface area (Å²) in [5.41, 5.74) is 13.1. The van der Waals surface area contributed by atoms with Gasteiger partial charge in [0.05, 0.1) is 27.1 Å². The minimum Gasteiger partial charge on any atom is -0.276 e. The average Bonchev–Trinajstić information content (AvgIpc) is 4.05. The van der Waals surface area contributed by atoms with Gasteiger partial charge in [0, 0.05) is 37.6 Å². The smallest absolute Gasteiger partial charge is 0.235 e. The lowest BCUT2D eigenvalue weighted by atomic mass is 9.80. The predicted octanol–water partition coefficient (Wildman–Crippen LogP) is 12.4. The Bertz CT molecular complexity index is 3600. The summed E-state index contributed by atoms with van der Waals surface area (Å²) in [6, 6.07) is 74.1. The van der Waals surface area contributed by atoms with Gasteiger partial charge in [0.25, 0.3) is 0 Å². The number of rotatable bonds is 6. The van der Waals surface area contributed by atoms with Crippen molar-refractivity contribution in [2.75, 3.05) is 0 Å². The molecule has 2 aliphatic carbocycles. The van der Waals surface area contributed by atoms with Crippen LogP contribution in [0.1, 0.15) is 49.9 Å². The SMILES string of the molecule is CC1(C)c2ccccc2-c2sc3c(ccc4c5c(n(-c6nc(-c7ccc([Si](c8ccccc8)(c8ccccc8)c8ccccc8)cc7)c7ccccc7n6)c43)-c3ccccc3C5(C)C)c21. The summed E-state index contributed by atoms with van der Waals surface area (Å²) in [7, 11) is -2.72. The van der Waals surface area contributed by atoms with Crippen LogP contribution in [0.3, 0.4) is 0 Å². The van der Waals surface area contributed by atoms with E-state index in [2.05, 4.69) is 232 Å². The van der Waals surface area contributed by atoms with Crippen LogP contribution >= 0.6 is 11.3 Å². The third-order valence-electron chi connectivity index (χ3n) is 14.7. The van der Waals surface area contributed by atoms with Gasteiger partial charge in [-0.15, -0.1) is 11.3 Å². The Morgan fingerprint density at radius 1 is 0.446 bits per heavy atom. The molecule has 0 unspecified atom stereocenters. The first-order valence-electron chi connectivity index (χ1n) is 22.7. The Morgan fingerprint density at radius 3 is 1.60 bits per heavy atom. The molecule has 0 spiro atoms. The number of hydrogen-bond donors (Lipinski definition) is 0. The molecule has 8 aromatic carbocycles. The highest BCUT2D eigenvalue weighted by Crippen LogP contribution is 2.59. The number of hydrogen-bond acceptors (Lipinski definition) is 3. The van der Waals surface area contributed by atoms with Gasteiger partial charge in [-0.3, -0.25) is 4.57 Å². The van der Waals surface area contributed by atoms with Gasteiger partial charge in [-0.2, -0.15) is 0 Å². The van der Waals surface area contributed by atoms with Crippen molar-refractivity contribution < 1.29 is 0 Å². The maximum Gasteiger partial charge on any atom is 0.235 e. The Labute approximate surface area is 384 Å². The molecule has 65 heavy (non-hydrogen) atoms. The molecule has 0 radical (unpaired) electrons. The van der Waals surface area contributed by atoms with Crippen LogP contribution in [0.2, 0.25) is 0 Å². The molecule has 11 aromatic rings. The van der Waals surface area contributed by atoms with Crippen LogP contribution in [-0.4, -0.2) is 22.6 Å². The van der Waals surface area contributed by atoms with Crippen LogP contribution in [0.15, 0.2) is 200 Å². The maximum atomic E-state index is 5.73. The van der Waals surface area contributed by atoms with E-state index in [1.807, 2.05) is 11.3 Å². The second kappa shape index (κ2) is 13.9. The van der Waals surface area contributed by atoms with Crippen molar-refractivity contribution in [1.82, 2.24) is 14.5 Å². The fourth-order valence-electron chi connectivity index (χ4n) is 11.9. The Kier molecular flexibility index (Phi) is 8.19. The quantitative estimate of drug-likeness (QED) is 0.123. The zero-order valence-electron chi connectivity index (χ0n) is 36.8. The molecule has 0 saturated carbocycles. The third kappa shape index (κ3) is 5.22. The van der Waals surface area contributed by atoms with Crippen molar-refractivity contribution in [3.63, 3.8) is 0 Å². The number of nitrogens with zero attached hydrogens (tertiary/aromatic N) is 3. The molecule has 5 heteroatoms. The number of thiophene rings is 1. The third-order valence-corrected chi connectivity index (χ3v) is 20.8. The molecule has 0 N–H and O–H groups in total. The van der Waals surface area contributed by atoms with Crippen LogP contribution in [0.4, 0.5) is 0 Å². The fourth-order valence-corrected chi connectivity index (χ4v) is 18.2. The standard InChI is InChI=1S/C60H45N3SSi/c1-59(2)48-29-17-14-26-43(48)54-51(59)46-36-37-47-52-56(44-27-15-18-30-49(44)60(52,3)4)64-57(47)55(46)63(54)58-61-50-31-19-16-28-45(50)53(62-58)38-32-34-42(35-33-38)65(39-20-8-5-9-21-39,40-22-10-6-11-23-40)41-24-12-7-13-25-41/h5-37H,1-4H3. The summed E-state index contributed by atoms with van der Waals surface area (Å²) in [4.78, 5) is 12.6. The highest BCUT2D eigenvalue weighted by Gasteiger charge is 2.44. The van der Waals surface area contributed by atoms with Gasteiger partial charge in [0.15, 0.2) is 8.07 Å². The van der Waals surface area contributed by atoms with Crippen molar-refractivity contribution in [3.05, 3.63) is 222 Å². The van der Waals surface area contributed by atoms with Crippen LogP contribution in [0.5, 0.6) is 0 Å². The molecule has 3 heterocycles. The second-order valence-electron chi connectivity index (χ2n) is 18.9. The van der Waals surface area contributed by atoms with Gasteiger partial charge in [-0.1, -0.05) is 222 Å². The first-order chi connectivity index (χ1) is 31.8. The molecule has 0 amide bonds. The van der Waals surface area contributed by atoms with Crippen LogP contribution in [-0.2, 0) is 10.8 Å². The summed E-state index contributed by atoms with van der Waals surface area (Å²) in [6.07, 6.45) is 0. The molecule has 0 bridgehead atoms. The van der Waals surface area contributed by atoms with E-state index in [1.165, 1.54) is 85.7 Å². The largest absolute Gasteiger partial charge is 0.276 e. The first-order valence-corrected chi connectivity index (χ1v) is 25.5. The van der Waals surface area contributed by atoms with Crippen molar-refractivity contribution in [1.29, 1.82) is 0 Å².